The summed E-state index contributed by atoms with van der Waals surface area (Å²) in [6.07, 6.45) is -6.70. The molecule has 0 spiro atoms. The van der Waals surface area contributed by atoms with Gasteiger partial charge in [0.15, 0.2) is 34.7 Å². The van der Waals surface area contributed by atoms with Gasteiger partial charge in [-0.2, -0.15) is 0 Å². The highest BCUT2D eigenvalue weighted by Crippen LogP contribution is 2.47. The Morgan fingerprint density at radius 3 is 2.41 bits per heavy atom. The van der Waals surface area contributed by atoms with Crippen molar-refractivity contribution in [1.82, 2.24) is 34.3 Å². The summed E-state index contributed by atoms with van der Waals surface area (Å²) in [7, 11) is -3.85. The highest BCUT2D eigenvalue weighted by Gasteiger charge is 2.49. The van der Waals surface area contributed by atoms with E-state index < -0.39 is 93.4 Å². The Labute approximate surface area is 456 Å². The van der Waals surface area contributed by atoms with E-state index in [4.69, 9.17) is 41.8 Å². The van der Waals surface area contributed by atoms with Crippen molar-refractivity contribution in [2.24, 2.45) is 0 Å². The third-order valence-corrected chi connectivity index (χ3v) is 14.9. The van der Waals surface area contributed by atoms with Gasteiger partial charge in [0.1, 0.15) is 36.4 Å². The molecule has 5 N–H and O–H groups in total. The second kappa shape index (κ2) is 21.0. The highest BCUT2D eigenvalue weighted by atomic mass is 32.3. The van der Waals surface area contributed by atoms with Crippen LogP contribution in [-0.4, -0.2) is 162 Å². The second-order valence-corrected chi connectivity index (χ2v) is 20.3. The van der Waals surface area contributed by atoms with Crippen LogP contribution >= 0.6 is 0 Å². The first-order chi connectivity index (χ1) is 38.7. The Morgan fingerprint density at radius 1 is 0.889 bits per heavy atom. The Hall–Kier alpha value is -8.84. The van der Waals surface area contributed by atoms with Gasteiger partial charge in [-0.1, -0.05) is 24.3 Å². The number of ether oxygens (including phenoxy) is 6. The molecule has 3 aromatic heterocycles. The molecule has 0 bridgehead atoms. The molecule has 8 heterocycles. The molecule has 1 unspecified atom stereocenters. The number of nitrogens with zero attached hydrogens (tertiary/aromatic N) is 7. The minimum Gasteiger partial charge on any atom is -0.479 e. The number of carboxylic acids is 1. The number of imide groups is 1. The van der Waals surface area contributed by atoms with E-state index in [1.807, 2.05) is 0 Å². The number of pyridine rings is 2. The normalized spacial score (nSPS) is 21.6. The van der Waals surface area contributed by atoms with Crippen LogP contribution in [0, 0.1) is 0 Å². The van der Waals surface area contributed by atoms with Gasteiger partial charge >= 0.3 is 22.3 Å². The number of amides is 3. The minimum absolute atomic E-state index is 0.00104. The Kier molecular flexibility index (Phi) is 14.0. The van der Waals surface area contributed by atoms with Gasteiger partial charge in [-0.05, 0) is 60.0 Å². The number of aromatic nitrogens is 5. The zero-order valence-corrected chi connectivity index (χ0v) is 43.4. The molecule has 28 nitrogen and oxygen atoms in total. The van der Waals surface area contributed by atoms with Crippen molar-refractivity contribution in [2.75, 3.05) is 33.6 Å². The Morgan fingerprint density at radius 2 is 1.65 bits per heavy atom. The van der Waals surface area contributed by atoms with Crippen molar-refractivity contribution < 1.29 is 94.7 Å². The van der Waals surface area contributed by atoms with Crippen LogP contribution in [0.3, 0.4) is 0 Å². The highest BCUT2D eigenvalue weighted by molar-refractivity contribution is 7.82. The first-order valence-electron chi connectivity index (χ1n) is 24.9. The lowest BCUT2D eigenvalue weighted by Gasteiger charge is -2.38. The van der Waals surface area contributed by atoms with Gasteiger partial charge in [0.05, 0.1) is 61.5 Å². The lowest BCUT2D eigenvalue weighted by molar-refractivity contribution is -0.271. The molecule has 5 aliphatic heterocycles. The Bertz CT molecular complexity index is 3810. The maximum atomic E-state index is 14.2. The predicted octanol–water partition coefficient (Wildman–Crippen LogP) is 0.254. The summed E-state index contributed by atoms with van der Waals surface area (Å²) in [5.74, 6) is -5.14. The van der Waals surface area contributed by atoms with Crippen LogP contribution in [0.1, 0.15) is 46.1 Å². The number of fused-ring (bicyclic) bond motifs is 6. The minimum atomic E-state index is -5.28. The summed E-state index contributed by atoms with van der Waals surface area (Å²) in [6.45, 7) is 1.34. The Balaban J connectivity index is 0.856. The zero-order chi connectivity index (χ0) is 57.2. The molecule has 11 rings (SSSR count). The fraction of sp³-hybridized carbons (Fsp3) is 0.327. The lowest BCUT2D eigenvalue weighted by atomic mass is 9.86. The third kappa shape index (κ3) is 10.0. The average molecular weight is 1140 g/mol. The maximum absolute atomic E-state index is 14.2. The van der Waals surface area contributed by atoms with E-state index in [2.05, 4.69) is 10.3 Å². The fourth-order valence-corrected chi connectivity index (χ4v) is 10.6. The van der Waals surface area contributed by atoms with Crippen LogP contribution in [0.2, 0.25) is 0 Å². The maximum Gasteiger partial charge on any atom is 0.501 e. The van der Waals surface area contributed by atoms with E-state index >= 15 is 0 Å². The number of carboxylic acid groups (broad SMARTS) is 1. The predicted molar refractivity (Wildman–Crippen MR) is 270 cm³/mol. The van der Waals surface area contributed by atoms with Crippen molar-refractivity contribution in [3.8, 4) is 51.3 Å². The van der Waals surface area contributed by atoms with E-state index in [1.54, 1.807) is 37.4 Å². The molecule has 3 amide bonds. The summed E-state index contributed by atoms with van der Waals surface area (Å²) in [5, 5.41) is 61.2. The van der Waals surface area contributed by atoms with Crippen molar-refractivity contribution >= 4 is 51.0 Å². The van der Waals surface area contributed by atoms with Crippen molar-refractivity contribution in [1.29, 1.82) is 0 Å². The number of rotatable bonds is 18. The molecule has 29 heteroatoms. The van der Waals surface area contributed by atoms with Crippen LogP contribution < -0.4 is 28.1 Å². The standard InChI is InChI=1S/C52H47N7O21S/c1-3-52(70)32-18-34-42-30(22-58(34)48(66)31(32)23-74-51(52)69)41(29-17-36-37(76-24-75-36)19-33(29)53-42)25-5-4-6-28(15-25)79-81(71,72)80-38-16-26(7-8-35(38)77-50-45(64)43(62)44(63)46(78-50)49(67)68)47(65)56(2)11-13-73-14-12-57-20-27(54-55-57)21-59-39(60)9-10-40(59)61/h4-10,15-20,43-46,50,62-64,70H,3,11-14,21-24H2,1-2H3,(H,67,68)/t43-,44-,45+,46-,50?,52-/m0/s1. The molecule has 81 heavy (non-hydrogen) atoms. The molecular formula is C52H47N7O21S. The summed E-state index contributed by atoms with van der Waals surface area (Å²) >= 11 is 0. The number of cyclic esters (lactones) is 1. The summed E-state index contributed by atoms with van der Waals surface area (Å²) in [5.41, 5.74) is -0.00614. The largest absolute Gasteiger partial charge is 0.501 e. The molecule has 5 aliphatic rings. The zero-order valence-electron chi connectivity index (χ0n) is 42.6. The lowest BCUT2D eigenvalue weighted by Crippen LogP contribution is -2.61. The van der Waals surface area contributed by atoms with Gasteiger partial charge < -0.3 is 71.8 Å². The smallest absolute Gasteiger partial charge is 0.479 e. The third-order valence-electron chi connectivity index (χ3n) is 14.1. The van der Waals surface area contributed by atoms with E-state index in [9.17, 15) is 62.7 Å². The van der Waals surface area contributed by atoms with E-state index in [0.29, 0.717) is 50.5 Å². The summed E-state index contributed by atoms with van der Waals surface area (Å²) in [6, 6.07) is 13.8. The molecule has 422 valence electrons. The quantitative estimate of drug-likeness (QED) is 0.0437. The number of aliphatic hydroxyl groups excluding tert-OH is 3. The van der Waals surface area contributed by atoms with E-state index in [1.165, 1.54) is 45.5 Å². The van der Waals surface area contributed by atoms with Crippen LogP contribution in [0.25, 0.3) is 33.4 Å². The molecule has 1 saturated heterocycles. The topological polar surface area (TPSA) is 367 Å². The summed E-state index contributed by atoms with van der Waals surface area (Å²) < 4.78 is 75.4. The molecule has 3 aromatic carbocycles. The number of esters is 1. The molecule has 6 atom stereocenters. The van der Waals surface area contributed by atoms with Gasteiger partial charge in [0.25, 0.3) is 23.3 Å². The van der Waals surface area contributed by atoms with Crippen LogP contribution in [0.5, 0.6) is 28.7 Å². The first kappa shape index (κ1) is 54.1. The molecule has 0 radical (unpaired) electrons. The number of hydrogen-bond acceptors (Lipinski definition) is 23. The van der Waals surface area contributed by atoms with E-state index in [-0.39, 0.29) is 87.3 Å². The number of likely N-dealkylation sites (N-methyl/N-ethyl adjacent to an activating group) is 1. The van der Waals surface area contributed by atoms with Gasteiger partial charge in [-0.15, -0.1) is 13.5 Å². The number of aliphatic carboxylic acids is 1. The van der Waals surface area contributed by atoms with Crippen LogP contribution in [0.15, 0.2) is 83.8 Å². The number of aliphatic hydroxyl groups is 4. The van der Waals surface area contributed by atoms with Crippen molar-refractivity contribution in [2.45, 2.75) is 75.9 Å². The van der Waals surface area contributed by atoms with Crippen molar-refractivity contribution in [3.63, 3.8) is 0 Å². The summed E-state index contributed by atoms with van der Waals surface area (Å²) in [4.78, 5) is 83.9. The van der Waals surface area contributed by atoms with E-state index in [0.717, 1.165) is 29.2 Å². The SMILES string of the molecule is CC[C@@]1(O)C(=O)OCc2c1cc1n(c2=O)Cc2c-1nc1cc3c(cc1c2-c1cccc(OS(=O)(=O)Oc2cc(C(=O)N(C)CCOCCn4cc(CN5C(=O)C=CC5=O)nn4)ccc2OC2O[C@H](C(=O)O)[C@@H](O)[C@H](O)[C@H]2O)c1)OCO3. The molecule has 6 aromatic rings. The monoisotopic (exact) mass is 1140 g/mol. The molecule has 1 fully saturated rings. The van der Waals surface area contributed by atoms with Gasteiger partial charge in [-0.3, -0.25) is 24.1 Å². The number of hydrogen-bond donors (Lipinski definition) is 5. The van der Waals surface area contributed by atoms with Gasteiger partial charge in [-0.25, -0.2) is 19.3 Å². The van der Waals surface area contributed by atoms with Crippen LogP contribution in [0.4, 0.5) is 0 Å². The number of carbonyl (C=O) groups excluding carboxylic acids is 4. The molecule has 0 saturated carbocycles. The fourth-order valence-electron chi connectivity index (χ4n) is 9.88. The first-order valence-corrected chi connectivity index (χ1v) is 26.2. The van der Waals surface area contributed by atoms with Gasteiger partial charge in [0.2, 0.25) is 13.1 Å². The van der Waals surface area contributed by atoms with Crippen LogP contribution in [-0.2, 0) is 75.6 Å². The molecular weight excluding hydrogens is 1090 g/mol. The number of benzene rings is 3. The molecule has 0 aliphatic carbocycles. The second-order valence-electron chi connectivity index (χ2n) is 19.2. The van der Waals surface area contributed by atoms with Crippen molar-refractivity contribution in [3.05, 3.63) is 117 Å². The number of carbonyl (C=O) groups is 5. The average Bonchev–Trinajstić information content (AvgIpc) is 4.34. The van der Waals surface area contributed by atoms with Gasteiger partial charge in [0, 0.05) is 53.9 Å².